The zero-order chi connectivity index (χ0) is 15.6. The molecule has 118 valence electrons. The fourth-order valence-corrected chi connectivity index (χ4v) is 3.32. The Bertz CT molecular complexity index is 481. The fraction of sp³-hybridized carbons (Fsp3) is 0.706. The molecule has 0 saturated carbocycles. The molecule has 4 heteroatoms. The molecule has 1 aromatic heterocycles. The Morgan fingerprint density at radius 1 is 1.38 bits per heavy atom. The summed E-state index contributed by atoms with van der Waals surface area (Å²) in [7, 11) is 0. The van der Waals surface area contributed by atoms with Crippen LogP contribution in [0, 0.1) is 5.92 Å². The monoisotopic (exact) mass is 353 g/mol. The van der Waals surface area contributed by atoms with Crippen LogP contribution < -0.4 is 10.2 Å². The number of pyridine rings is 1. The molecule has 1 saturated heterocycles. The summed E-state index contributed by atoms with van der Waals surface area (Å²) in [6.45, 7) is 13.2. The van der Waals surface area contributed by atoms with Gasteiger partial charge in [-0.15, -0.1) is 0 Å². The van der Waals surface area contributed by atoms with Crippen LogP contribution in [-0.2, 0) is 6.54 Å². The molecule has 1 aliphatic rings. The van der Waals surface area contributed by atoms with Gasteiger partial charge in [0.15, 0.2) is 0 Å². The molecule has 0 aliphatic carbocycles. The molecule has 2 rings (SSSR count). The zero-order valence-corrected chi connectivity index (χ0v) is 15.5. The van der Waals surface area contributed by atoms with Crippen molar-refractivity contribution in [2.45, 2.75) is 65.6 Å². The van der Waals surface area contributed by atoms with Crippen LogP contribution in [-0.4, -0.2) is 23.1 Å². The smallest absolute Gasteiger partial charge is 0.133 e. The van der Waals surface area contributed by atoms with E-state index >= 15 is 0 Å². The van der Waals surface area contributed by atoms with Gasteiger partial charge in [0.05, 0.1) is 0 Å². The molecule has 1 aliphatic heterocycles. The van der Waals surface area contributed by atoms with Gasteiger partial charge in [0.1, 0.15) is 5.82 Å². The summed E-state index contributed by atoms with van der Waals surface area (Å²) in [6.07, 6.45) is 4.43. The Hall–Kier alpha value is -0.610. The standard InChI is InChI=1S/C17H28BrN3/c1-12-6-7-21(13(2)8-12)16-14(9-15(18)11-19-16)10-20-17(3,4)5/h9,11-13,20H,6-8,10H2,1-5H3. The van der Waals surface area contributed by atoms with Gasteiger partial charge in [-0.1, -0.05) is 6.92 Å². The first-order chi connectivity index (χ1) is 9.76. The number of nitrogens with one attached hydrogen (secondary N) is 1. The van der Waals surface area contributed by atoms with Crippen LogP contribution in [0.1, 0.15) is 53.0 Å². The maximum Gasteiger partial charge on any atom is 0.133 e. The van der Waals surface area contributed by atoms with Crippen molar-refractivity contribution in [2.24, 2.45) is 5.92 Å². The van der Waals surface area contributed by atoms with E-state index in [-0.39, 0.29) is 5.54 Å². The van der Waals surface area contributed by atoms with E-state index in [2.05, 4.69) is 66.8 Å². The topological polar surface area (TPSA) is 28.2 Å². The van der Waals surface area contributed by atoms with Gasteiger partial charge >= 0.3 is 0 Å². The number of anilines is 1. The number of nitrogens with zero attached hydrogens (tertiary/aromatic N) is 2. The van der Waals surface area contributed by atoms with Crippen molar-refractivity contribution in [3.63, 3.8) is 0 Å². The molecule has 0 spiro atoms. The summed E-state index contributed by atoms with van der Waals surface area (Å²) in [6, 6.07) is 2.77. The molecular weight excluding hydrogens is 326 g/mol. The number of rotatable bonds is 3. The highest BCUT2D eigenvalue weighted by molar-refractivity contribution is 9.10. The van der Waals surface area contributed by atoms with Gasteiger partial charge in [-0.2, -0.15) is 0 Å². The molecule has 0 aromatic carbocycles. The van der Waals surface area contributed by atoms with Crippen molar-refractivity contribution in [1.82, 2.24) is 10.3 Å². The van der Waals surface area contributed by atoms with Crippen molar-refractivity contribution in [2.75, 3.05) is 11.4 Å². The van der Waals surface area contributed by atoms with Crippen molar-refractivity contribution < 1.29 is 0 Å². The third kappa shape index (κ3) is 4.68. The maximum atomic E-state index is 4.72. The number of halogens is 1. The lowest BCUT2D eigenvalue weighted by atomic mass is 9.93. The zero-order valence-electron chi connectivity index (χ0n) is 13.9. The lowest BCUT2D eigenvalue weighted by Gasteiger charge is -2.38. The molecule has 1 fully saturated rings. The second-order valence-corrected chi connectivity index (χ2v) is 8.33. The number of aromatic nitrogens is 1. The van der Waals surface area contributed by atoms with Crippen molar-refractivity contribution in [1.29, 1.82) is 0 Å². The highest BCUT2D eigenvalue weighted by Gasteiger charge is 2.26. The number of hydrogen-bond acceptors (Lipinski definition) is 3. The SMILES string of the molecule is CC1CCN(c2ncc(Br)cc2CNC(C)(C)C)C(C)C1. The van der Waals surface area contributed by atoms with Crippen LogP contribution in [0.2, 0.25) is 0 Å². The molecule has 0 radical (unpaired) electrons. The van der Waals surface area contributed by atoms with Gasteiger partial charge in [0.2, 0.25) is 0 Å². The van der Waals surface area contributed by atoms with Gasteiger partial charge in [-0.05, 0) is 68.5 Å². The van der Waals surface area contributed by atoms with Gasteiger partial charge < -0.3 is 10.2 Å². The van der Waals surface area contributed by atoms with Crippen molar-refractivity contribution in [3.8, 4) is 0 Å². The predicted octanol–water partition coefficient (Wildman–Crippen LogP) is 4.36. The van der Waals surface area contributed by atoms with E-state index in [1.165, 1.54) is 18.4 Å². The quantitative estimate of drug-likeness (QED) is 0.874. The summed E-state index contributed by atoms with van der Waals surface area (Å²) in [5.74, 6) is 1.97. The van der Waals surface area contributed by atoms with Crippen molar-refractivity contribution in [3.05, 3.63) is 22.3 Å². The van der Waals surface area contributed by atoms with Gasteiger partial charge in [-0.25, -0.2) is 4.98 Å². The highest BCUT2D eigenvalue weighted by atomic mass is 79.9. The van der Waals surface area contributed by atoms with Crippen molar-refractivity contribution >= 4 is 21.7 Å². The van der Waals surface area contributed by atoms with Crippen LogP contribution in [0.4, 0.5) is 5.82 Å². The lowest BCUT2D eigenvalue weighted by molar-refractivity contribution is 0.374. The minimum Gasteiger partial charge on any atom is -0.354 e. The molecular formula is C17H28BrN3. The van der Waals surface area contributed by atoms with E-state index in [1.54, 1.807) is 0 Å². The summed E-state index contributed by atoms with van der Waals surface area (Å²) in [4.78, 5) is 7.20. The Morgan fingerprint density at radius 3 is 2.71 bits per heavy atom. The highest BCUT2D eigenvalue weighted by Crippen LogP contribution is 2.30. The normalized spacial score (nSPS) is 23.4. The van der Waals surface area contributed by atoms with Crippen LogP contribution >= 0.6 is 15.9 Å². The number of piperidine rings is 1. The van der Waals surface area contributed by atoms with E-state index in [4.69, 9.17) is 4.98 Å². The van der Waals surface area contributed by atoms with Gasteiger partial charge in [0.25, 0.3) is 0 Å². The molecule has 2 atom stereocenters. The molecule has 1 aromatic rings. The average molecular weight is 354 g/mol. The largest absolute Gasteiger partial charge is 0.354 e. The molecule has 2 unspecified atom stereocenters. The second kappa shape index (κ2) is 6.66. The number of hydrogen-bond donors (Lipinski definition) is 1. The van der Waals surface area contributed by atoms with Crippen LogP contribution in [0.3, 0.4) is 0 Å². The molecule has 3 nitrogen and oxygen atoms in total. The Morgan fingerprint density at radius 2 is 2.10 bits per heavy atom. The summed E-state index contributed by atoms with van der Waals surface area (Å²) >= 11 is 3.56. The van der Waals surface area contributed by atoms with E-state index in [1.807, 2.05) is 6.20 Å². The maximum absolute atomic E-state index is 4.72. The second-order valence-electron chi connectivity index (χ2n) is 7.41. The molecule has 1 N–H and O–H groups in total. The Kier molecular flexibility index (Phi) is 5.31. The molecule has 0 amide bonds. The first-order valence-corrected chi connectivity index (χ1v) is 8.71. The third-order valence-electron chi connectivity index (χ3n) is 4.13. The first kappa shape index (κ1) is 16.8. The third-order valence-corrected chi connectivity index (χ3v) is 4.56. The molecule has 0 bridgehead atoms. The van der Waals surface area contributed by atoms with E-state index in [0.717, 1.165) is 29.3 Å². The lowest BCUT2D eigenvalue weighted by Crippen LogP contribution is -2.42. The van der Waals surface area contributed by atoms with E-state index < -0.39 is 0 Å². The minimum atomic E-state index is 0.113. The van der Waals surface area contributed by atoms with E-state index in [9.17, 15) is 0 Å². The van der Waals surface area contributed by atoms with Crippen LogP contribution in [0.15, 0.2) is 16.7 Å². The van der Waals surface area contributed by atoms with E-state index in [0.29, 0.717) is 6.04 Å². The molecule has 21 heavy (non-hydrogen) atoms. The van der Waals surface area contributed by atoms with Crippen LogP contribution in [0.25, 0.3) is 0 Å². The summed E-state index contributed by atoms with van der Waals surface area (Å²) in [5.41, 5.74) is 1.39. The summed E-state index contributed by atoms with van der Waals surface area (Å²) in [5, 5.41) is 3.58. The minimum absolute atomic E-state index is 0.113. The van der Waals surface area contributed by atoms with Gasteiger partial charge in [0, 0.05) is 40.9 Å². The van der Waals surface area contributed by atoms with Gasteiger partial charge in [-0.3, -0.25) is 0 Å². The van der Waals surface area contributed by atoms with Crippen LogP contribution in [0.5, 0.6) is 0 Å². The average Bonchev–Trinajstić information content (AvgIpc) is 2.36. The predicted molar refractivity (Wildman–Crippen MR) is 93.7 cm³/mol. The fourth-order valence-electron chi connectivity index (χ4n) is 2.94. The Balaban J connectivity index is 2.22. The summed E-state index contributed by atoms with van der Waals surface area (Å²) < 4.78 is 1.05. The molecule has 2 heterocycles. The first-order valence-electron chi connectivity index (χ1n) is 7.92. The Labute approximate surface area is 137 Å².